The van der Waals surface area contributed by atoms with Crippen LogP contribution in [-0.4, -0.2) is 22.6 Å². The molecule has 0 radical (unpaired) electrons. The molecule has 16 heavy (non-hydrogen) atoms. The standard InChI is InChI=1S/C11H16N4O/c1-2-11(5-6-11)7-13-9-4-3-8(10(12)16)14-15-9/h3-4H,2,5-7H2,1H3,(H2,12,16)(H,13,15). The Hall–Kier alpha value is -1.65. The van der Waals surface area contributed by atoms with E-state index in [0.29, 0.717) is 11.2 Å². The van der Waals surface area contributed by atoms with Crippen molar-refractivity contribution in [2.45, 2.75) is 26.2 Å². The number of amides is 1. The van der Waals surface area contributed by atoms with E-state index in [2.05, 4.69) is 22.4 Å². The molecule has 5 heteroatoms. The quantitative estimate of drug-likeness (QED) is 0.780. The van der Waals surface area contributed by atoms with Crippen LogP contribution in [0.1, 0.15) is 36.7 Å². The Labute approximate surface area is 94.4 Å². The summed E-state index contributed by atoms with van der Waals surface area (Å²) in [6.45, 7) is 3.13. The lowest BCUT2D eigenvalue weighted by Crippen LogP contribution is -2.17. The van der Waals surface area contributed by atoms with Crippen LogP contribution >= 0.6 is 0 Å². The largest absolute Gasteiger partial charge is 0.368 e. The topological polar surface area (TPSA) is 80.9 Å². The lowest BCUT2D eigenvalue weighted by atomic mass is 10.0. The number of hydrogen-bond acceptors (Lipinski definition) is 4. The first-order valence-corrected chi connectivity index (χ1v) is 5.53. The molecule has 0 saturated heterocycles. The fourth-order valence-corrected chi connectivity index (χ4v) is 1.67. The minimum absolute atomic E-state index is 0.196. The van der Waals surface area contributed by atoms with Crippen molar-refractivity contribution in [3.8, 4) is 0 Å². The molecule has 1 amide bonds. The molecule has 0 aromatic carbocycles. The van der Waals surface area contributed by atoms with Crippen molar-refractivity contribution in [1.82, 2.24) is 10.2 Å². The van der Waals surface area contributed by atoms with Gasteiger partial charge < -0.3 is 11.1 Å². The monoisotopic (exact) mass is 220 g/mol. The average molecular weight is 220 g/mol. The molecule has 0 aliphatic heterocycles. The predicted molar refractivity (Wildman–Crippen MR) is 61.0 cm³/mol. The molecule has 1 aromatic heterocycles. The number of anilines is 1. The van der Waals surface area contributed by atoms with E-state index in [0.717, 1.165) is 6.54 Å². The van der Waals surface area contributed by atoms with Crippen LogP contribution in [-0.2, 0) is 0 Å². The molecule has 0 unspecified atom stereocenters. The highest BCUT2D eigenvalue weighted by atomic mass is 16.1. The smallest absolute Gasteiger partial charge is 0.269 e. The Morgan fingerprint density at radius 2 is 2.25 bits per heavy atom. The van der Waals surface area contributed by atoms with Gasteiger partial charge in [0.2, 0.25) is 0 Å². The Bertz CT molecular complexity index is 383. The number of carbonyl (C=O) groups is 1. The number of hydrogen-bond donors (Lipinski definition) is 2. The van der Waals surface area contributed by atoms with E-state index >= 15 is 0 Å². The highest BCUT2D eigenvalue weighted by molar-refractivity contribution is 5.90. The maximum atomic E-state index is 10.8. The molecule has 0 atom stereocenters. The van der Waals surface area contributed by atoms with Gasteiger partial charge in [-0.1, -0.05) is 6.92 Å². The molecule has 1 fully saturated rings. The van der Waals surface area contributed by atoms with Crippen LogP contribution in [0.15, 0.2) is 12.1 Å². The fraction of sp³-hybridized carbons (Fsp3) is 0.545. The number of carbonyl (C=O) groups excluding carboxylic acids is 1. The molecule has 3 N–H and O–H groups in total. The summed E-state index contributed by atoms with van der Waals surface area (Å²) in [6, 6.07) is 3.32. The zero-order chi connectivity index (χ0) is 11.6. The molecule has 2 rings (SSSR count). The first-order chi connectivity index (χ1) is 7.65. The number of nitrogens with zero attached hydrogens (tertiary/aromatic N) is 2. The molecule has 1 heterocycles. The molecule has 0 bridgehead atoms. The summed E-state index contributed by atoms with van der Waals surface area (Å²) in [5, 5.41) is 10.9. The van der Waals surface area contributed by atoms with Crippen molar-refractivity contribution in [2.24, 2.45) is 11.1 Å². The zero-order valence-corrected chi connectivity index (χ0v) is 9.36. The molecule has 1 aliphatic carbocycles. The van der Waals surface area contributed by atoms with Gasteiger partial charge in [0.15, 0.2) is 5.69 Å². The van der Waals surface area contributed by atoms with Crippen molar-refractivity contribution in [3.63, 3.8) is 0 Å². The van der Waals surface area contributed by atoms with Crippen LogP contribution in [0, 0.1) is 5.41 Å². The first-order valence-electron chi connectivity index (χ1n) is 5.53. The van der Waals surface area contributed by atoms with Gasteiger partial charge in [-0.25, -0.2) is 0 Å². The van der Waals surface area contributed by atoms with E-state index < -0.39 is 5.91 Å². The minimum Gasteiger partial charge on any atom is -0.368 e. The molecular weight excluding hydrogens is 204 g/mol. The Morgan fingerprint density at radius 1 is 1.50 bits per heavy atom. The van der Waals surface area contributed by atoms with E-state index in [1.807, 2.05) is 0 Å². The molecule has 1 aromatic rings. The van der Waals surface area contributed by atoms with E-state index in [9.17, 15) is 4.79 Å². The number of nitrogens with one attached hydrogen (secondary N) is 1. The molecule has 0 spiro atoms. The molecule has 1 aliphatic rings. The van der Waals surface area contributed by atoms with Crippen molar-refractivity contribution in [2.75, 3.05) is 11.9 Å². The van der Waals surface area contributed by atoms with Gasteiger partial charge >= 0.3 is 0 Å². The zero-order valence-electron chi connectivity index (χ0n) is 9.36. The van der Waals surface area contributed by atoms with Crippen molar-refractivity contribution < 1.29 is 4.79 Å². The third kappa shape index (κ3) is 2.29. The maximum Gasteiger partial charge on any atom is 0.269 e. The molecule has 1 saturated carbocycles. The molecule has 5 nitrogen and oxygen atoms in total. The average Bonchev–Trinajstić information content (AvgIpc) is 3.08. The van der Waals surface area contributed by atoms with Gasteiger partial charge in [0.1, 0.15) is 5.82 Å². The summed E-state index contributed by atoms with van der Waals surface area (Å²) >= 11 is 0. The SMILES string of the molecule is CCC1(CNc2ccc(C(N)=O)nn2)CC1. The summed E-state index contributed by atoms with van der Waals surface area (Å²) in [5.74, 6) is 0.149. The summed E-state index contributed by atoms with van der Waals surface area (Å²) < 4.78 is 0. The number of rotatable bonds is 5. The van der Waals surface area contributed by atoms with Gasteiger partial charge in [-0.05, 0) is 36.8 Å². The second kappa shape index (κ2) is 4.08. The van der Waals surface area contributed by atoms with Crippen LogP contribution < -0.4 is 11.1 Å². The maximum absolute atomic E-state index is 10.8. The van der Waals surface area contributed by atoms with Gasteiger partial charge in [-0.3, -0.25) is 4.79 Å². The molecule has 86 valence electrons. The third-order valence-electron chi connectivity index (χ3n) is 3.27. The Balaban J connectivity index is 1.93. The number of primary amides is 1. The van der Waals surface area contributed by atoms with E-state index in [1.54, 1.807) is 12.1 Å². The van der Waals surface area contributed by atoms with Crippen molar-refractivity contribution in [1.29, 1.82) is 0 Å². The van der Waals surface area contributed by atoms with Crippen LogP contribution in [0.25, 0.3) is 0 Å². The fourth-order valence-electron chi connectivity index (χ4n) is 1.67. The number of aromatic nitrogens is 2. The van der Waals surface area contributed by atoms with Gasteiger partial charge in [-0.15, -0.1) is 10.2 Å². The summed E-state index contributed by atoms with van der Waals surface area (Å²) in [5.41, 5.74) is 5.74. The van der Waals surface area contributed by atoms with Gasteiger partial charge in [0.05, 0.1) is 0 Å². The predicted octanol–water partition coefficient (Wildman–Crippen LogP) is 1.18. The van der Waals surface area contributed by atoms with E-state index in [1.165, 1.54) is 19.3 Å². The number of nitrogens with two attached hydrogens (primary N) is 1. The van der Waals surface area contributed by atoms with E-state index in [4.69, 9.17) is 5.73 Å². The summed E-state index contributed by atoms with van der Waals surface area (Å²) in [6.07, 6.45) is 3.75. The lowest BCUT2D eigenvalue weighted by molar-refractivity contribution is 0.0994. The highest BCUT2D eigenvalue weighted by Gasteiger charge is 2.40. The van der Waals surface area contributed by atoms with Gasteiger partial charge in [0, 0.05) is 6.54 Å². The third-order valence-corrected chi connectivity index (χ3v) is 3.27. The lowest BCUT2D eigenvalue weighted by Gasteiger charge is -2.13. The van der Waals surface area contributed by atoms with Crippen LogP contribution in [0.2, 0.25) is 0 Å². The van der Waals surface area contributed by atoms with Crippen LogP contribution in [0.4, 0.5) is 5.82 Å². The highest BCUT2D eigenvalue weighted by Crippen LogP contribution is 2.48. The van der Waals surface area contributed by atoms with Crippen LogP contribution in [0.3, 0.4) is 0 Å². The second-order valence-electron chi connectivity index (χ2n) is 4.38. The van der Waals surface area contributed by atoms with Gasteiger partial charge in [-0.2, -0.15) is 0 Å². The summed E-state index contributed by atoms with van der Waals surface area (Å²) in [4.78, 5) is 10.8. The minimum atomic E-state index is -0.550. The second-order valence-corrected chi connectivity index (χ2v) is 4.38. The summed E-state index contributed by atoms with van der Waals surface area (Å²) in [7, 11) is 0. The first kappa shape index (κ1) is 10.9. The van der Waals surface area contributed by atoms with E-state index in [-0.39, 0.29) is 5.69 Å². The van der Waals surface area contributed by atoms with Crippen molar-refractivity contribution in [3.05, 3.63) is 17.8 Å². The normalized spacial score (nSPS) is 16.8. The Morgan fingerprint density at radius 3 is 2.69 bits per heavy atom. The van der Waals surface area contributed by atoms with Gasteiger partial charge in [0.25, 0.3) is 5.91 Å². The van der Waals surface area contributed by atoms with Crippen molar-refractivity contribution >= 4 is 11.7 Å². The Kier molecular flexibility index (Phi) is 2.77. The molecular formula is C11H16N4O. The van der Waals surface area contributed by atoms with Crippen LogP contribution in [0.5, 0.6) is 0 Å².